The summed E-state index contributed by atoms with van der Waals surface area (Å²) in [5.41, 5.74) is 0.169. The molecule has 0 saturated carbocycles. The van der Waals surface area contributed by atoms with E-state index in [1.54, 1.807) is 0 Å². The fourth-order valence-electron chi connectivity index (χ4n) is 0.949. The maximum atomic E-state index is 5.33. The average Bonchev–Trinajstić information content (AvgIpc) is 1.90. The van der Waals surface area contributed by atoms with Crippen molar-refractivity contribution in [2.75, 3.05) is 19.8 Å². The van der Waals surface area contributed by atoms with Crippen LogP contribution >= 0.6 is 0 Å². The van der Waals surface area contributed by atoms with E-state index in [1.165, 1.54) is 0 Å². The van der Waals surface area contributed by atoms with Crippen LogP contribution in [0, 0.1) is 5.41 Å². The summed E-state index contributed by atoms with van der Waals surface area (Å²) in [7, 11) is 0. The van der Waals surface area contributed by atoms with E-state index in [0.717, 1.165) is 19.8 Å². The van der Waals surface area contributed by atoms with Crippen molar-refractivity contribution in [1.29, 1.82) is 0 Å². The second-order valence-corrected chi connectivity index (χ2v) is 6.83. The molecule has 0 amide bonds. The average molecular weight is 236 g/mol. The molecule has 3 rings (SSSR count). The van der Waals surface area contributed by atoms with Gasteiger partial charge in [0.1, 0.15) is 0 Å². The van der Waals surface area contributed by atoms with Crippen molar-refractivity contribution in [3.8, 4) is 0 Å². The van der Waals surface area contributed by atoms with Crippen molar-refractivity contribution < 1.29 is 9.22 Å². The van der Waals surface area contributed by atoms with E-state index in [9.17, 15) is 0 Å². The van der Waals surface area contributed by atoms with Crippen LogP contribution in [0.15, 0.2) is 0 Å². The zero-order valence-electron chi connectivity index (χ0n) is 5.35. The van der Waals surface area contributed by atoms with Crippen molar-refractivity contribution in [3.05, 3.63) is 0 Å². The normalized spacial score (nSPS) is 33.0. The van der Waals surface area contributed by atoms with Gasteiger partial charge in [-0.25, -0.2) is 0 Å². The molecular weight excluding hydrogens is 227 g/mol. The molecule has 0 unspecified atom stereocenters. The van der Waals surface area contributed by atoms with Crippen LogP contribution in [-0.4, -0.2) is 40.8 Å². The molecule has 0 aliphatic carbocycles. The molecule has 0 atom stereocenters. The van der Waals surface area contributed by atoms with Crippen LogP contribution in [0.2, 0.25) is 0 Å². The van der Waals surface area contributed by atoms with E-state index in [-0.39, 0.29) is 5.41 Å². The van der Waals surface area contributed by atoms with Gasteiger partial charge < -0.3 is 0 Å². The summed E-state index contributed by atoms with van der Waals surface area (Å²) in [5, 5.41) is 0. The third-order valence-electron chi connectivity index (χ3n) is 1.62. The van der Waals surface area contributed by atoms with Crippen LogP contribution in [-0.2, 0) is 9.22 Å². The molecule has 9 heavy (non-hydrogen) atoms. The summed E-state index contributed by atoms with van der Waals surface area (Å²) < 4.78 is 16.0. The first-order chi connectivity index (χ1) is 4.29. The molecule has 0 N–H and O–H groups in total. The van der Waals surface area contributed by atoms with Gasteiger partial charge in [0.25, 0.3) is 0 Å². The Labute approximate surface area is 62.7 Å². The van der Waals surface area contributed by atoms with E-state index in [4.69, 9.17) is 9.22 Å². The molecule has 0 aromatic carbocycles. The van der Waals surface area contributed by atoms with Gasteiger partial charge in [0.05, 0.1) is 0 Å². The first-order valence-electron chi connectivity index (χ1n) is 3.04. The summed E-state index contributed by atoms with van der Waals surface area (Å²) in [4.78, 5) is 0. The molecule has 2 bridgehead atoms. The van der Waals surface area contributed by atoms with Crippen LogP contribution < -0.4 is 0 Å². The maximum absolute atomic E-state index is 5.33. The van der Waals surface area contributed by atoms with Crippen molar-refractivity contribution in [2.45, 2.75) is 6.92 Å². The Morgan fingerprint density at radius 2 is 1.56 bits per heavy atom. The molecule has 0 aromatic heterocycles. The van der Waals surface area contributed by atoms with E-state index in [0.29, 0.717) is 0 Å². The van der Waals surface area contributed by atoms with Gasteiger partial charge in [0, 0.05) is 0 Å². The van der Waals surface area contributed by atoms with Crippen LogP contribution in [0.4, 0.5) is 0 Å². The van der Waals surface area contributed by atoms with Crippen molar-refractivity contribution in [3.63, 3.8) is 0 Å². The number of hydrogen-bond donors (Lipinski definition) is 0. The standard InChI is InChI=1S/C5H9O3.Sn/c1-5(2-6,3-7)4-8;/h2-4H2,1H3;/q-3;+3. The number of fused-ring (bicyclic) bond motifs is 3. The molecule has 51 valence electrons. The van der Waals surface area contributed by atoms with Crippen molar-refractivity contribution >= 4 is 21.0 Å². The molecule has 4 heteroatoms. The molecule has 3 nitrogen and oxygen atoms in total. The van der Waals surface area contributed by atoms with Crippen molar-refractivity contribution in [1.82, 2.24) is 0 Å². The van der Waals surface area contributed by atoms with Gasteiger partial charge in [-0.3, -0.25) is 0 Å². The first-order valence-corrected chi connectivity index (χ1v) is 6.53. The molecule has 3 aliphatic heterocycles. The minimum absolute atomic E-state index is 0.169. The third-order valence-corrected chi connectivity index (χ3v) is 4.87. The topological polar surface area (TPSA) is 27.7 Å². The van der Waals surface area contributed by atoms with Crippen LogP contribution in [0.25, 0.3) is 0 Å². The number of rotatable bonds is 0. The zero-order valence-corrected chi connectivity index (χ0v) is 8.20. The molecule has 3 saturated heterocycles. The van der Waals surface area contributed by atoms with Crippen LogP contribution in [0.1, 0.15) is 6.92 Å². The molecule has 3 aliphatic rings. The summed E-state index contributed by atoms with van der Waals surface area (Å²) >= 11 is -2.09. The Morgan fingerprint density at radius 3 is 1.78 bits per heavy atom. The third kappa shape index (κ3) is 1.11. The summed E-state index contributed by atoms with van der Waals surface area (Å²) in [6.45, 7) is 4.72. The quantitative estimate of drug-likeness (QED) is 0.556. The monoisotopic (exact) mass is 237 g/mol. The van der Waals surface area contributed by atoms with Gasteiger partial charge in [0.2, 0.25) is 0 Å². The Morgan fingerprint density at radius 1 is 1.11 bits per heavy atom. The van der Waals surface area contributed by atoms with Gasteiger partial charge in [-0.1, -0.05) is 0 Å². The molecule has 1 radical (unpaired) electrons. The second kappa shape index (κ2) is 2.08. The number of hydrogen-bond acceptors (Lipinski definition) is 3. The van der Waals surface area contributed by atoms with E-state index >= 15 is 0 Å². The molecular formula is C5H9O3Sn. The predicted octanol–water partition coefficient (Wildman–Crippen LogP) is 0.0546. The molecule has 3 fully saturated rings. The van der Waals surface area contributed by atoms with Crippen LogP contribution in [0.3, 0.4) is 0 Å². The van der Waals surface area contributed by atoms with Crippen molar-refractivity contribution in [2.24, 2.45) is 5.41 Å². The Balaban J connectivity index is 2.11. The zero-order chi connectivity index (χ0) is 6.32. The minimum atomic E-state index is -2.09. The van der Waals surface area contributed by atoms with E-state index in [2.05, 4.69) is 6.92 Å². The molecule has 3 heterocycles. The summed E-state index contributed by atoms with van der Waals surface area (Å²) in [6.07, 6.45) is 0. The molecule has 0 spiro atoms. The van der Waals surface area contributed by atoms with Gasteiger partial charge in [-0.05, 0) is 0 Å². The van der Waals surface area contributed by atoms with Gasteiger partial charge in [-0.2, -0.15) is 0 Å². The second-order valence-electron chi connectivity index (χ2n) is 2.93. The fraction of sp³-hybridized carbons (Fsp3) is 1.00. The van der Waals surface area contributed by atoms with Crippen LogP contribution in [0.5, 0.6) is 0 Å². The summed E-state index contributed by atoms with van der Waals surface area (Å²) in [6, 6.07) is 0. The first kappa shape index (κ1) is 6.39. The van der Waals surface area contributed by atoms with Gasteiger partial charge >= 0.3 is 62.4 Å². The van der Waals surface area contributed by atoms with Gasteiger partial charge in [0.15, 0.2) is 0 Å². The predicted molar refractivity (Wildman–Crippen MR) is 31.7 cm³/mol. The fourth-order valence-corrected chi connectivity index (χ4v) is 5.66. The van der Waals surface area contributed by atoms with Gasteiger partial charge in [-0.15, -0.1) is 0 Å². The summed E-state index contributed by atoms with van der Waals surface area (Å²) in [5.74, 6) is 0. The van der Waals surface area contributed by atoms with E-state index < -0.39 is 21.0 Å². The molecule has 0 aromatic rings. The Kier molecular flexibility index (Phi) is 1.48. The SMILES string of the molecule is CC12C[O][Sn]([O]C1)[O]C2. The Hall–Kier alpha value is 0.679. The Bertz CT molecular complexity index is 106. The van der Waals surface area contributed by atoms with E-state index in [1.807, 2.05) is 0 Å².